The number of carboxylic acid groups (broad SMARTS) is 1. The summed E-state index contributed by atoms with van der Waals surface area (Å²) in [7, 11) is 1.80. The van der Waals surface area contributed by atoms with Crippen LogP contribution >= 0.6 is 0 Å². The lowest BCUT2D eigenvalue weighted by Gasteiger charge is -2.18. The van der Waals surface area contributed by atoms with E-state index in [9.17, 15) is 9.59 Å². The van der Waals surface area contributed by atoms with Crippen molar-refractivity contribution in [2.24, 2.45) is 7.05 Å². The summed E-state index contributed by atoms with van der Waals surface area (Å²) in [5.74, 6) is -0.899. The van der Waals surface area contributed by atoms with Gasteiger partial charge in [0, 0.05) is 37.8 Å². The van der Waals surface area contributed by atoms with E-state index in [0.717, 1.165) is 11.3 Å². The number of nitrogens with zero attached hydrogens (tertiary/aromatic N) is 2. The fraction of sp³-hybridized carbons (Fsp3) is 0.353. The predicted molar refractivity (Wildman–Crippen MR) is 87.3 cm³/mol. The van der Waals surface area contributed by atoms with Crippen LogP contribution in [0.3, 0.4) is 0 Å². The zero-order valence-electron chi connectivity index (χ0n) is 13.5. The Kier molecular flexibility index (Phi) is 6.36. The van der Waals surface area contributed by atoms with Gasteiger partial charge in [-0.05, 0) is 18.1 Å². The van der Waals surface area contributed by atoms with Crippen molar-refractivity contribution < 1.29 is 19.4 Å². The van der Waals surface area contributed by atoms with Crippen molar-refractivity contribution in [3.63, 3.8) is 0 Å². The van der Waals surface area contributed by atoms with Crippen molar-refractivity contribution >= 4 is 12.1 Å². The van der Waals surface area contributed by atoms with Crippen LogP contribution in [0.5, 0.6) is 0 Å². The number of aromatic nitrogens is 2. The van der Waals surface area contributed by atoms with E-state index in [0.29, 0.717) is 12.8 Å². The standard InChI is InChI=1S/C17H21N3O4/c1-20-15(9-10-18-20)11-14(7-8-16(21)22)19-17(23)24-12-13-5-3-2-4-6-13/h2-6,9-10,14H,7-8,11-12H2,1H3,(H,19,23)(H,21,22). The summed E-state index contributed by atoms with van der Waals surface area (Å²) >= 11 is 0. The quantitative estimate of drug-likeness (QED) is 0.773. The van der Waals surface area contributed by atoms with Crippen molar-refractivity contribution in [1.82, 2.24) is 15.1 Å². The topological polar surface area (TPSA) is 93.5 Å². The highest BCUT2D eigenvalue weighted by Gasteiger charge is 2.17. The molecule has 1 aromatic carbocycles. The van der Waals surface area contributed by atoms with Gasteiger partial charge in [-0.2, -0.15) is 5.10 Å². The number of carbonyl (C=O) groups excluding carboxylic acids is 1. The van der Waals surface area contributed by atoms with E-state index >= 15 is 0 Å². The highest BCUT2D eigenvalue weighted by Crippen LogP contribution is 2.08. The van der Waals surface area contributed by atoms with Crippen molar-refractivity contribution in [2.45, 2.75) is 31.9 Å². The van der Waals surface area contributed by atoms with E-state index in [1.54, 1.807) is 17.9 Å². The summed E-state index contributed by atoms with van der Waals surface area (Å²) < 4.78 is 6.89. The Labute approximate surface area is 140 Å². The van der Waals surface area contributed by atoms with E-state index < -0.39 is 12.1 Å². The van der Waals surface area contributed by atoms with Gasteiger partial charge in [-0.15, -0.1) is 0 Å². The van der Waals surface area contributed by atoms with Crippen LogP contribution in [0.1, 0.15) is 24.1 Å². The molecule has 2 aromatic rings. The third-order valence-electron chi connectivity index (χ3n) is 3.62. The maximum Gasteiger partial charge on any atom is 0.407 e. The van der Waals surface area contributed by atoms with Gasteiger partial charge >= 0.3 is 12.1 Å². The van der Waals surface area contributed by atoms with Crippen molar-refractivity contribution in [3.8, 4) is 0 Å². The SMILES string of the molecule is Cn1nccc1CC(CCC(=O)O)NC(=O)OCc1ccccc1. The molecule has 0 spiro atoms. The molecule has 0 saturated heterocycles. The minimum Gasteiger partial charge on any atom is -0.481 e. The van der Waals surface area contributed by atoms with E-state index in [1.807, 2.05) is 36.4 Å². The average Bonchev–Trinajstić information content (AvgIpc) is 2.96. The molecule has 0 saturated carbocycles. The summed E-state index contributed by atoms with van der Waals surface area (Å²) in [6, 6.07) is 10.9. The Morgan fingerprint density at radius 1 is 1.29 bits per heavy atom. The van der Waals surface area contributed by atoms with Crippen LogP contribution in [0.15, 0.2) is 42.6 Å². The Balaban J connectivity index is 1.89. The third-order valence-corrected chi connectivity index (χ3v) is 3.62. The fourth-order valence-electron chi connectivity index (χ4n) is 2.31. The number of aryl methyl sites for hydroxylation is 1. The van der Waals surface area contributed by atoms with Gasteiger partial charge in [0.2, 0.25) is 0 Å². The van der Waals surface area contributed by atoms with Gasteiger partial charge in [0.15, 0.2) is 0 Å². The van der Waals surface area contributed by atoms with Crippen molar-refractivity contribution in [3.05, 3.63) is 53.9 Å². The van der Waals surface area contributed by atoms with E-state index in [-0.39, 0.29) is 19.1 Å². The van der Waals surface area contributed by atoms with Gasteiger partial charge < -0.3 is 15.2 Å². The molecule has 2 rings (SSSR count). The molecule has 0 radical (unpaired) electrons. The number of carbonyl (C=O) groups is 2. The first-order valence-electron chi connectivity index (χ1n) is 7.70. The molecule has 0 aliphatic rings. The second-order valence-corrected chi connectivity index (χ2v) is 5.49. The Morgan fingerprint density at radius 2 is 2.04 bits per heavy atom. The third kappa shape index (κ3) is 5.75. The van der Waals surface area contributed by atoms with Crippen LogP contribution < -0.4 is 5.32 Å². The highest BCUT2D eigenvalue weighted by molar-refractivity contribution is 5.68. The van der Waals surface area contributed by atoms with Gasteiger partial charge in [-0.25, -0.2) is 4.79 Å². The molecule has 128 valence electrons. The Morgan fingerprint density at radius 3 is 2.67 bits per heavy atom. The maximum atomic E-state index is 12.0. The van der Waals surface area contributed by atoms with Gasteiger partial charge in [-0.3, -0.25) is 9.48 Å². The first kappa shape index (κ1) is 17.5. The van der Waals surface area contributed by atoms with E-state index in [4.69, 9.17) is 9.84 Å². The number of nitrogens with one attached hydrogen (secondary N) is 1. The van der Waals surface area contributed by atoms with Crippen molar-refractivity contribution in [2.75, 3.05) is 0 Å². The summed E-state index contributed by atoms with van der Waals surface area (Å²) in [6.07, 6.45) is 1.89. The van der Waals surface area contributed by atoms with Crippen LogP contribution in [0.4, 0.5) is 4.79 Å². The molecule has 0 bridgehead atoms. The number of carboxylic acids is 1. The molecule has 1 atom stereocenters. The monoisotopic (exact) mass is 331 g/mol. The lowest BCUT2D eigenvalue weighted by molar-refractivity contribution is -0.137. The number of aliphatic carboxylic acids is 1. The predicted octanol–water partition coefficient (Wildman–Crippen LogP) is 2.12. The molecule has 7 heteroatoms. The first-order chi connectivity index (χ1) is 11.5. The molecule has 7 nitrogen and oxygen atoms in total. The number of hydrogen-bond donors (Lipinski definition) is 2. The van der Waals surface area contributed by atoms with Gasteiger partial charge in [0.05, 0.1) is 0 Å². The molecular formula is C17H21N3O4. The summed E-state index contributed by atoms with van der Waals surface area (Å²) in [5, 5.41) is 15.7. The largest absolute Gasteiger partial charge is 0.481 e. The second-order valence-electron chi connectivity index (χ2n) is 5.49. The minimum absolute atomic E-state index is 0.0263. The molecule has 1 unspecified atom stereocenters. The number of alkyl carbamates (subject to hydrolysis) is 1. The van der Waals surface area contributed by atoms with E-state index in [1.165, 1.54) is 0 Å². The number of amides is 1. The number of benzene rings is 1. The smallest absolute Gasteiger partial charge is 0.407 e. The molecule has 1 amide bonds. The van der Waals surface area contributed by atoms with E-state index in [2.05, 4.69) is 10.4 Å². The zero-order valence-corrected chi connectivity index (χ0v) is 13.5. The van der Waals surface area contributed by atoms with Crippen LogP contribution in [-0.2, 0) is 29.6 Å². The van der Waals surface area contributed by atoms with Crippen LogP contribution in [0, 0.1) is 0 Å². The highest BCUT2D eigenvalue weighted by atomic mass is 16.5. The minimum atomic E-state index is -0.899. The Bertz CT molecular complexity index is 669. The molecule has 0 aliphatic heterocycles. The van der Waals surface area contributed by atoms with Crippen LogP contribution in [-0.4, -0.2) is 33.0 Å². The molecule has 2 N–H and O–H groups in total. The summed E-state index contributed by atoms with van der Waals surface area (Å²) in [5.41, 5.74) is 1.80. The van der Waals surface area contributed by atoms with Gasteiger partial charge in [0.25, 0.3) is 0 Å². The molecule has 24 heavy (non-hydrogen) atoms. The first-order valence-corrected chi connectivity index (χ1v) is 7.70. The summed E-state index contributed by atoms with van der Waals surface area (Å²) in [6.45, 7) is 0.171. The summed E-state index contributed by atoms with van der Waals surface area (Å²) in [4.78, 5) is 22.8. The van der Waals surface area contributed by atoms with Gasteiger partial charge in [0.1, 0.15) is 6.61 Å². The zero-order chi connectivity index (χ0) is 17.4. The van der Waals surface area contributed by atoms with Crippen LogP contribution in [0.2, 0.25) is 0 Å². The second kappa shape index (κ2) is 8.71. The van der Waals surface area contributed by atoms with Gasteiger partial charge in [-0.1, -0.05) is 30.3 Å². The molecule has 1 aromatic heterocycles. The number of hydrogen-bond acceptors (Lipinski definition) is 4. The maximum absolute atomic E-state index is 12.0. The molecular weight excluding hydrogens is 310 g/mol. The normalized spacial score (nSPS) is 11.7. The number of ether oxygens (including phenoxy) is 1. The lowest BCUT2D eigenvalue weighted by Crippen LogP contribution is -2.37. The molecule has 0 fully saturated rings. The van der Waals surface area contributed by atoms with Crippen LogP contribution in [0.25, 0.3) is 0 Å². The average molecular weight is 331 g/mol. The molecule has 1 heterocycles. The Hall–Kier alpha value is -2.83. The molecule has 0 aliphatic carbocycles. The fourth-order valence-corrected chi connectivity index (χ4v) is 2.31. The lowest BCUT2D eigenvalue weighted by atomic mass is 10.1. The van der Waals surface area contributed by atoms with Crippen molar-refractivity contribution in [1.29, 1.82) is 0 Å². The number of rotatable bonds is 8.